The van der Waals surface area contributed by atoms with Gasteiger partial charge in [-0.15, -0.1) is 11.3 Å². The zero-order chi connectivity index (χ0) is 56.3. The number of ether oxygens (including phenoxy) is 5. The van der Waals surface area contributed by atoms with Crippen LogP contribution in [0.3, 0.4) is 0 Å². The fourth-order valence-electron chi connectivity index (χ4n) is 7.89. The normalized spacial score (nSPS) is 15.2. The van der Waals surface area contributed by atoms with Gasteiger partial charge in [0, 0.05) is 50.0 Å². The molecular formula is C53H68F3N9O11S2. The Morgan fingerprint density at radius 1 is 0.833 bits per heavy atom. The molecular weight excluding hydrogens is 1060 g/mol. The van der Waals surface area contributed by atoms with E-state index in [-0.39, 0.29) is 88.8 Å². The number of nitrogens with one attached hydrogen (secondary N) is 5. The lowest BCUT2D eigenvalue weighted by Crippen LogP contribution is -2.57. The molecule has 3 aromatic carbocycles. The van der Waals surface area contributed by atoms with E-state index in [1.54, 1.807) is 59.3 Å². The van der Waals surface area contributed by atoms with Gasteiger partial charge < -0.3 is 55.0 Å². The van der Waals surface area contributed by atoms with Gasteiger partial charge in [-0.2, -0.15) is 18.2 Å². The lowest BCUT2D eigenvalue weighted by atomic mass is 9.85. The van der Waals surface area contributed by atoms with E-state index in [0.717, 1.165) is 21.7 Å². The summed E-state index contributed by atoms with van der Waals surface area (Å²) in [5.41, 5.74) is 4.19. The molecule has 0 radical (unpaired) electrons. The van der Waals surface area contributed by atoms with Crippen molar-refractivity contribution >= 4 is 62.2 Å². The number of nitrogens with zero attached hydrogens (tertiary/aromatic N) is 4. The van der Waals surface area contributed by atoms with Crippen molar-refractivity contribution in [2.75, 3.05) is 87.1 Å². The Hall–Kier alpha value is -6.48. The zero-order valence-corrected chi connectivity index (χ0v) is 45.8. The second-order valence-electron chi connectivity index (χ2n) is 19.2. The number of carbonyl (C=O) groups is 3. The van der Waals surface area contributed by atoms with Crippen molar-refractivity contribution in [2.24, 2.45) is 5.41 Å². The molecule has 3 heterocycles. The molecule has 424 valence electrons. The fourth-order valence-corrected chi connectivity index (χ4v) is 9.33. The molecule has 3 atom stereocenters. The maximum Gasteiger partial charge on any atom is 0.421 e. The Morgan fingerprint density at radius 3 is 2.10 bits per heavy atom. The van der Waals surface area contributed by atoms with Crippen molar-refractivity contribution in [1.29, 1.82) is 0 Å². The van der Waals surface area contributed by atoms with Gasteiger partial charge in [0.15, 0.2) is 0 Å². The predicted octanol–water partition coefficient (Wildman–Crippen LogP) is 6.69. The maximum absolute atomic E-state index is 13.9. The van der Waals surface area contributed by atoms with E-state index in [0.29, 0.717) is 49.6 Å². The molecule has 0 unspecified atom stereocenters. The van der Waals surface area contributed by atoms with E-state index < -0.39 is 63.0 Å². The van der Waals surface area contributed by atoms with Crippen LogP contribution in [0.15, 0.2) is 84.5 Å². The van der Waals surface area contributed by atoms with Crippen LogP contribution in [0.1, 0.15) is 62.9 Å². The number of aryl methyl sites for hydroxylation is 1. The Bertz CT molecular complexity index is 2840. The first-order chi connectivity index (χ1) is 37.2. The maximum atomic E-state index is 13.9. The number of hydrogen-bond acceptors (Lipinski definition) is 17. The fraction of sp³-hybridized carbons (Fsp3) is 0.472. The van der Waals surface area contributed by atoms with Crippen LogP contribution < -0.4 is 30.7 Å². The summed E-state index contributed by atoms with van der Waals surface area (Å²) in [4.78, 5) is 55.0. The first kappa shape index (κ1) is 60.7. The number of carbonyl (C=O) groups excluding carboxylic acids is 3. The van der Waals surface area contributed by atoms with E-state index in [2.05, 4.69) is 40.9 Å². The lowest BCUT2D eigenvalue weighted by molar-refractivity contribution is -0.144. The van der Waals surface area contributed by atoms with E-state index in [4.69, 9.17) is 23.7 Å². The number of benzene rings is 3. The van der Waals surface area contributed by atoms with Crippen molar-refractivity contribution in [3.05, 3.63) is 107 Å². The van der Waals surface area contributed by atoms with Crippen molar-refractivity contribution in [2.45, 2.75) is 84.9 Å². The molecule has 1 aliphatic rings. The molecule has 3 amide bonds. The van der Waals surface area contributed by atoms with Crippen LogP contribution in [-0.4, -0.2) is 141 Å². The SMILES string of the molecule is CCS(=O)(=O)Nc1cccc(CNc2nc(Nc3ccc(OCCOCCOCCOCCOCCC(=O)N[C@H](C(=O)N4C[C@H](O)C[C@H]4C(=O)NCc4ccc(-c5scnc5C)cc4)C(C)(C)C)cc3)ncc2C(F)(F)F)c1. The third kappa shape index (κ3) is 19.2. The molecule has 25 heteroatoms. The number of β-amino-alcohol motifs (C(OH)–C–C–N with tert-alkyl or cyclic N) is 1. The summed E-state index contributed by atoms with van der Waals surface area (Å²) >= 11 is 1.56. The number of thiazole rings is 1. The van der Waals surface area contributed by atoms with Crippen molar-refractivity contribution in [1.82, 2.24) is 30.5 Å². The Balaban J connectivity index is 0.797. The molecule has 0 saturated carbocycles. The van der Waals surface area contributed by atoms with Crippen molar-refractivity contribution in [3.63, 3.8) is 0 Å². The van der Waals surface area contributed by atoms with Gasteiger partial charge in [0.1, 0.15) is 35.8 Å². The number of amides is 3. The number of halogens is 3. The number of hydrogen-bond donors (Lipinski definition) is 6. The molecule has 20 nitrogen and oxygen atoms in total. The topological polar surface area (TPSA) is 254 Å². The van der Waals surface area contributed by atoms with Crippen LogP contribution in [0, 0.1) is 12.3 Å². The van der Waals surface area contributed by atoms with Gasteiger partial charge in [-0.3, -0.25) is 19.1 Å². The number of aliphatic hydroxyl groups excluding tert-OH is 1. The lowest BCUT2D eigenvalue weighted by Gasteiger charge is -2.35. The summed E-state index contributed by atoms with van der Waals surface area (Å²) < 4.78 is 95.9. The summed E-state index contributed by atoms with van der Waals surface area (Å²) in [5, 5.41) is 21.9. The summed E-state index contributed by atoms with van der Waals surface area (Å²) in [5.74, 6) is -1.38. The number of anilines is 4. The van der Waals surface area contributed by atoms with E-state index >= 15 is 0 Å². The first-order valence-corrected chi connectivity index (χ1v) is 27.9. The monoisotopic (exact) mass is 1130 g/mol. The second-order valence-corrected chi connectivity index (χ2v) is 22.0. The second kappa shape index (κ2) is 28.9. The number of sulfonamides is 1. The Kier molecular flexibility index (Phi) is 22.5. The van der Waals surface area contributed by atoms with Crippen LogP contribution in [0.4, 0.5) is 36.3 Å². The highest BCUT2D eigenvalue weighted by Crippen LogP contribution is 2.35. The highest BCUT2D eigenvalue weighted by Gasteiger charge is 2.44. The summed E-state index contributed by atoms with van der Waals surface area (Å²) in [7, 11) is -3.54. The van der Waals surface area contributed by atoms with Gasteiger partial charge in [-0.25, -0.2) is 18.4 Å². The zero-order valence-electron chi connectivity index (χ0n) is 44.2. The molecule has 6 rings (SSSR count). The molecule has 0 aliphatic carbocycles. The molecule has 0 bridgehead atoms. The quantitative estimate of drug-likeness (QED) is 0.0262. The largest absolute Gasteiger partial charge is 0.491 e. The minimum atomic E-state index is -4.74. The number of likely N-dealkylation sites (tertiary alicyclic amines) is 1. The summed E-state index contributed by atoms with van der Waals surface area (Å²) in [6.45, 7) is 11.4. The predicted molar refractivity (Wildman–Crippen MR) is 289 cm³/mol. The van der Waals surface area contributed by atoms with E-state index in [9.17, 15) is 41.1 Å². The molecule has 2 aromatic heterocycles. The highest BCUT2D eigenvalue weighted by molar-refractivity contribution is 7.92. The molecule has 78 heavy (non-hydrogen) atoms. The molecule has 1 saturated heterocycles. The van der Waals surface area contributed by atoms with Gasteiger partial charge >= 0.3 is 6.18 Å². The number of aliphatic hydroxyl groups is 1. The third-order valence-electron chi connectivity index (χ3n) is 12.0. The van der Waals surface area contributed by atoms with Crippen molar-refractivity contribution < 1.29 is 64.8 Å². The van der Waals surface area contributed by atoms with E-state index in [1.165, 1.54) is 17.9 Å². The molecule has 5 aromatic rings. The van der Waals surface area contributed by atoms with Crippen LogP contribution >= 0.6 is 11.3 Å². The van der Waals surface area contributed by atoms with Crippen molar-refractivity contribution in [3.8, 4) is 16.2 Å². The van der Waals surface area contributed by atoms with Gasteiger partial charge in [-0.1, -0.05) is 57.2 Å². The summed E-state index contributed by atoms with van der Waals surface area (Å²) in [6.07, 6.45) is -4.86. The molecule has 0 spiro atoms. The van der Waals surface area contributed by atoms with Gasteiger partial charge in [0.2, 0.25) is 33.7 Å². The number of aromatic nitrogens is 3. The third-order valence-corrected chi connectivity index (χ3v) is 14.3. The molecule has 1 aliphatic heterocycles. The van der Waals surface area contributed by atoms with Crippen LogP contribution in [-0.2, 0) is 62.6 Å². The van der Waals surface area contributed by atoms with Crippen LogP contribution in [0.25, 0.3) is 10.4 Å². The van der Waals surface area contributed by atoms with Gasteiger partial charge in [0.05, 0.1) is 80.8 Å². The average molecular weight is 1130 g/mol. The van der Waals surface area contributed by atoms with Crippen LogP contribution in [0.2, 0.25) is 0 Å². The minimum absolute atomic E-state index is 0.00656. The average Bonchev–Trinajstić information content (AvgIpc) is 4.03. The highest BCUT2D eigenvalue weighted by atomic mass is 32.2. The number of rotatable bonds is 30. The minimum Gasteiger partial charge on any atom is -0.491 e. The van der Waals surface area contributed by atoms with Crippen LogP contribution in [0.5, 0.6) is 5.75 Å². The standard InChI is InChI=1S/C53H68F3N9O11S2/c1-6-78(70,71)64-40-9-7-8-37(28-40)31-57-48-43(53(54,55)56)32-59-51(63-48)61-39-14-16-42(17-15-39)76-27-26-75-25-24-74-23-22-73-21-20-72-19-18-45(67)62-47(52(3,4)5)50(69)65-33-41(66)29-44(65)49(68)58-30-36-10-12-38(13-11-36)46-35(2)60-34-77-46/h7-17,28,32,34,41,44,47,64,66H,6,18-27,29-31,33H2,1-5H3,(H,58,68)(H,62,67)(H2,57,59,61,63)/t41-,44+,47-/m1/s1. The molecule has 6 N–H and O–H groups in total. The Labute approximate surface area is 456 Å². The Morgan fingerprint density at radius 2 is 1.49 bits per heavy atom. The first-order valence-electron chi connectivity index (χ1n) is 25.3. The van der Waals surface area contributed by atoms with Gasteiger partial charge in [-0.05, 0) is 72.4 Å². The summed E-state index contributed by atoms with van der Waals surface area (Å²) in [6, 6.07) is 18.9. The number of alkyl halides is 3. The smallest absolute Gasteiger partial charge is 0.421 e. The van der Waals surface area contributed by atoms with Gasteiger partial charge in [0.25, 0.3) is 0 Å². The molecule has 1 fully saturated rings. The van der Waals surface area contributed by atoms with E-state index in [1.807, 2.05) is 52.0 Å².